The Labute approximate surface area is 136 Å². The number of anilines is 1. The zero-order chi connectivity index (χ0) is 15.9. The normalized spacial score (nSPS) is 11.7. The highest BCUT2D eigenvalue weighted by Gasteiger charge is 2.14. The standard InChI is InChI=1S/C14H16N4O2S2/c1-9(15-12(20)10-6-4-3-5-7-10)8-11(19)16-13-17-14(21-2)18-22-13/h3-7,9H,8H2,1-2H3,(H,15,20)(H,16,17,18,19). The lowest BCUT2D eigenvalue weighted by Gasteiger charge is -2.13. The second-order valence-corrected chi connectivity index (χ2v) is 6.10. The first kappa shape index (κ1) is 16.4. The predicted molar refractivity (Wildman–Crippen MR) is 88.3 cm³/mol. The average molecular weight is 336 g/mol. The molecule has 22 heavy (non-hydrogen) atoms. The van der Waals surface area contributed by atoms with Crippen LogP contribution in [-0.2, 0) is 4.79 Å². The summed E-state index contributed by atoms with van der Waals surface area (Å²) in [6.45, 7) is 1.79. The van der Waals surface area contributed by atoms with Gasteiger partial charge in [-0.15, -0.1) is 0 Å². The van der Waals surface area contributed by atoms with Crippen LogP contribution < -0.4 is 10.6 Å². The van der Waals surface area contributed by atoms with Gasteiger partial charge in [0.05, 0.1) is 0 Å². The van der Waals surface area contributed by atoms with Gasteiger partial charge in [0.2, 0.25) is 16.2 Å². The van der Waals surface area contributed by atoms with Gasteiger partial charge in [0.15, 0.2) is 0 Å². The Kier molecular flexibility index (Phi) is 5.91. The molecule has 116 valence electrons. The molecule has 0 fully saturated rings. The number of benzene rings is 1. The van der Waals surface area contributed by atoms with Crippen LogP contribution in [0.3, 0.4) is 0 Å². The summed E-state index contributed by atoms with van der Waals surface area (Å²) in [5.41, 5.74) is 0.573. The molecule has 6 nitrogen and oxygen atoms in total. The summed E-state index contributed by atoms with van der Waals surface area (Å²) in [6.07, 6.45) is 2.04. The van der Waals surface area contributed by atoms with Crippen molar-refractivity contribution in [2.45, 2.75) is 24.5 Å². The molecule has 0 spiro atoms. The van der Waals surface area contributed by atoms with E-state index in [1.807, 2.05) is 12.3 Å². The molecule has 2 aromatic rings. The largest absolute Gasteiger partial charge is 0.349 e. The van der Waals surface area contributed by atoms with Crippen molar-refractivity contribution in [1.29, 1.82) is 0 Å². The van der Waals surface area contributed by atoms with E-state index in [-0.39, 0.29) is 24.3 Å². The van der Waals surface area contributed by atoms with Crippen LogP contribution in [0.1, 0.15) is 23.7 Å². The number of nitrogens with zero attached hydrogens (tertiary/aromatic N) is 2. The molecule has 1 aromatic carbocycles. The monoisotopic (exact) mass is 336 g/mol. The summed E-state index contributed by atoms with van der Waals surface area (Å²) in [5, 5.41) is 6.57. The lowest BCUT2D eigenvalue weighted by Crippen LogP contribution is -2.35. The van der Waals surface area contributed by atoms with Crippen molar-refractivity contribution in [3.63, 3.8) is 0 Å². The highest BCUT2D eigenvalue weighted by molar-refractivity contribution is 7.98. The van der Waals surface area contributed by atoms with Crippen LogP contribution in [0.4, 0.5) is 5.13 Å². The predicted octanol–water partition coefficient (Wildman–Crippen LogP) is 2.41. The fraction of sp³-hybridized carbons (Fsp3) is 0.286. The molecule has 2 N–H and O–H groups in total. The van der Waals surface area contributed by atoms with E-state index in [4.69, 9.17) is 0 Å². The molecule has 0 saturated heterocycles. The number of amides is 2. The minimum absolute atomic E-state index is 0.173. The van der Waals surface area contributed by atoms with E-state index < -0.39 is 0 Å². The van der Waals surface area contributed by atoms with Gasteiger partial charge < -0.3 is 10.6 Å². The van der Waals surface area contributed by atoms with Gasteiger partial charge >= 0.3 is 0 Å². The highest BCUT2D eigenvalue weighted by atomic mass is 32.2. The van der Waals surface area contributed by atoms with E-state index in [0.717, 1.165) is 11.5 Å². The summed E-state index contributed by atoms with van der Waals surface area (Å²) < 4.78 is 4.06. The van der Waals surface area contributed by atoms with Crippen molar-refractivity contribution in [1.82, 2.24) is 14.7 Å². The molecule has 8 heteroatoms. The number of carbonyl (C=O) groups excluding carboxylic acids is 2. The molecule has 2 rings (SSSR count). The molecular weight excluding hydrogens is 320 g/mol. The molecule has 0 radical (unpaired) electrons. The molecular formula is C14H16N4O2S2. The van der Waals surface area contributed by atoms with E-state index in [0.29, 0.717) is 15.9 Å². The molecule has 1 atom stereocenters. The number of carbonyl (C=O) groups is 2. The topological polar surface area (TPSA) is 84.0 Å². The lowest BCUT2D eigenvalue weighted by molar-refractivity contribution is -0.116. The number of aromatic nitrogens is 2. The first-order chi connectivity index (χ1) is 10.6. The molecule has 0 aliphatic heterocycles. The Bertz CT molecular complexity index is 645. The Hall–Kier alpha value is -1.93. The third kappa shape index (κ3) is 4.81. The molecule has 1 unspecified atom stereocenters. The average Bonchev–Trinajstić information content (AvgIpc) is 2.95. The fourth-order valence-electron chi connectivity index (χ4n) is 1.74. The van der Waals surface area contributed by atoms with E-state index >= 15 is 0 Å². The molecule has 1 heterocycles. The Balaban J connectivity index is 1.82. The number of hydrogen-bond acceptors (Lipinski definition) is 6. The first-order valence-electron chi connectivity index (χ1n) is 6.62. The number of rotatable bonds is 6. The van der Waals surface area contributed by atoms with E-state index in [9.17, 15) is 9.59 Å². The van der Waals surface area contributed by atoms with Gasteiger partial charge in [0.1, 0.15) is 0 Å². The fourth-order valence-corrected chi connectivity index (χ4v) is 2.88. The number of hydrogen-bond donors (Lipinski definition) is 2. The van der Waals surface area contributed by atoms with Crippen molar-refractivity contribution >= 4 is 40.2 Å². The second-order valence-electron chi connectivity index (χ2n) is 4.58. The Morgan fingerprint density at radius 1 is 1.32 bits per heavy atom. The third-order valence-electron chi connectivity index (χ3n) is 2.74. The maximum atomic E-state index is 12.0. The van der Waals surface area contributed by atoms with Crippen molar-refractivity contribution < 1.29 is 9.59 Å². The molecule has 0 aliphatic rings. The zero-order valence-electron chi connectivity index (χ0n) is 12.2. The molecule has 1 aromatic heterocycles. The van der Waals surface area contributed by atoms with Crippen molar-refractivity contribution in [3.05, 3.63) is 35.9 Å². The van der Waals surface area contributed by atoms with E-state index in [1.54, 1.807) is 31.2 Å². The lowest BCUT2D eigenvalue weighted by atomic mass is 10.1. The molecule has 0 bridgehead atoms. The van der Waals surface area contributed by atoms with Crippen molar-refractivity contribution in [3.8, 4) is 0 Å². The van der Waals surface area contributed by atoms with Crippen LogP contribution in [0.15, 0.2) is 35.5 Å². The van der Waals surface area contributed by atoms with Crippen LogP contribution in [0.25, 0.3) is 0 Å². The van der Waals surface area contributed by atoms with Gasteiger partial charge in [-0.25, -0.2) is 0 Å². The van der Waals surface area contributed by atoms with Gasteiger partial charge in [-0.3, -0.25) is 9.59 Å². The van der Waals surface area contributed by atoms with Crippen LogP contribution in [-0.4, -0.2) is 33.5 Å². The molecule has 0 saturated carbocycles. The summed E-state index contributed by atoms with van der Waals surface area (Å²) in [6, 6.07) is 8.62. The smallest absolute Gasteiger partial charge is 0.251 e. The van der Waals surface area contributed by atoms with Crippen molar-refractivity contribution in [2.24, 2.45) is 0 Å². The SMILES string of the molecule is CSc1nsc(NC(=O)CC(C)NC(=O)c2ccccc2)n1. The first-order valence-corrected chi connectivity index (χ1v) is 8.61. The van der Waals surface area contributed by atoms with Gasteiger partial charge in [-0.1, -0.05) is 30.0 Å². The van der Waals surface area contributed by atoms with E-state index in [1.165, 1.54) is 11.8 Å². The third-order valence-corrected chi connectivity index (χ3v) is 4.04. The van der Waals surface area contributed by atoms with Crippen LogP contribution in [0.5, 0.6) is 0 Å². The van der Waals surface area contributed by atoms with Gasteiger partial charge in [-0.2, -0.15) is 9.36 Å². The number of thioether (sulfide) groups is 1. The van der Waals surface area contributed by atoms with Gasteiger partial charge in [0, 0.05) is 29.6 Å². The summed E-state index contributed by atoms with van der Waals surface area (Å²) >= 11 is 2.56. The number of nitrogens with one attached hydrogen (secondary N) is 2. The highest BCUT2D eigenvalue weighted by Crippen LogP contribution is 2.17. The van der Waals surface area contributed by atoms with Crippen LogP contribution in [0.2, 0.25) is 0 Å². The van der Waals surface area contributed by atoms with E-state index in [2.05, 4.69) is 20.0 Å². The van der Waals surface area contributed by atoms with Gasteiger partial charge in [-0.05, 0) is 25.3 Å². The summed E-state index contributed by atoms with van der Waals surface area (Å²) in [5.74, 6) is -0.397. The second kappa shape index (κ2) is 7.90. The summed E-state index contributed by atoms with van der Waals surface area (Å²) in [7, 11) is 0. The Morgan fingerprint density at radius 2 is 2.05 bits per heavy atom. The summed E-state index contributed by atoms with van der Waals surface area (Å²) in [4.78, 5) is 28.0. The maximum absolute atomic E-state index is 12.0. The molecule has 2 amide bonds. The zero-order valence-corrected chi connectivity index (χ0v) is 13.8. The molecule has 0 aliphatic carbocycles. The minimum Gasteiger partial charge on any atom is -0.349 e. The maximum Gasteiger partial charge on any atom is 0.251 e. The van der Waals surface area contributed by atoms with Gasteiger partial charge in [0.25, 0.3) is 5.91 Å². The van der Waals surface area contributed by atoms with Crippen molar-refractivity contribution in [2.75, 3.05) is 11.6 Å². The van der Waals surface area contributed by atoms with Crippen LogP contribution in [0, 0.1) is 0 Å². The quantitative estimate of drug-likeness (QED) is 0.792. The minimum atomic E-state index is -0.277. The Morgan fingerprint density at radius 3 is 2.68 bits per heavy atom. The van der Waals surface area contributed by atoms with Crippen LogP contribution >= 0.6 is 23.3 Å².